The van der Waals surface area contributed by atoms with E-state index in [1.54, 1.807) is 14.1 Å². The van der Waals surface area contributed by atoms with Crippen molar-refractivity contribution in [2.24, 2.45) is 17.6 Å². The average Bonchev–Trinajstić information content (AvgIpc) is 3.07. The van der Waals surface area contributed by atoms with E-state index >= 15 is 0 Å². The van der Waals surface area contributed by atoms with E-state index in [2.05, 4.69) is 4.90 Å². The van der Waals surface area contributed by atoms with Crippen molar-refractivity contribution in [3.05, 3.63) is 50.4 Å². The summed E-state index contributed by atoms with van der Waals surface area (Å²) >= 11 is 6.84. The molecule has 0 spiro atoms. The van der Waals surface area contributed by atoms with Crippen molar-refractivity contribution in [2.45, 2.75) is 56.4 Å². The number of fused-ring (bicyclic) bond motifs is 3. The van der Waals surface area contributed by atoms with Crippen LogP contribution in [-0.4, -0.2) is 97.7 Å². The van der Waals surface area contributed by atoms with Gasteiger partial charge in [-0.15, -0.1) is 0 Å². The summed E-state index contributed by atoms with van der Waals surface area (Å²) in [5, 5.41) is 55.2. The fraction of sp³-hybridized carbons (Fsp3) is 0.536. The second kappa shape index (κ2) is 10.1. The minimum atomic E-state index is -2.68. The fourth-order valence-corrected chi connectivity index (χ4v) is 7.29. The molecule has 1 heterocycles. The number of halogens is 1. The smallest absolute Gasteiger partial charge is 0.255 e. The number of benzene rings is 1. The Morgan fingerprint density at radius 2 is 1.90 bits per heavy atom. The number of nitrogens with zero attached hydrogens (tertiary/aromatic N) is 2. The Morgan fingerprint density at radius 3 is 2.55 bits per heavy atom. The fourth-order valence-electron chi connectivity index (χ4n) is 7.01. The third-order valence-electron chi connectivity index (χ3n) is 8.91. The van der Waals surface area contributed by atoms with Gasteiger partial charge >= 0.3 is 0 Å². The molecule has 0 aromatic heterocycles. The Hall–Kier alpha value is -2.96. The van der Waals surface area contributed by atoms with Gasteiger partial charge in [-0.2, -0.15) is 0 Å². The molecule has 1 aromatic carbocycles. The van der Waals surface area contributed by atoms with Crippen LogP contribution < -0.4 is 5.73 Å². The van der Waals surface area contributed by atoms with E-state index in [4.69, 9.17) is 17.3 Å². The molecule has 7 N–H and O–H groups in total. The normalized spacial score (nSPS) is 31.1. The van der Waals surface area contributed by atoms with E-state index in [-0.39, 0.29) is 35.8 Å². The Morgan fingerprint density at radius 1 is 1.20 bits per heavy atom. The highest BCUT2D eigenvalue weighted by Gasteiger charge is 2.63. The molecule has 216 valence electrons. The summed E-state index contributed by atoms with van der Waals surface area (Å²) in [7, 11) is 3.16. The lowest BCUT2D eigenvalue weighted by Gasteiger charge is -2.50. The lowest BCUT2D eigenvalue weighted by molar-refractivity contribution is -0.148. The van der Waals surface area contributed by atoms with Gasteiger partial charge in [0, 0.05) is 29.6 Å². The number of nitrogens with two attached hydrogens (primary N) is 1. The number of carbonyl (C=O) groups excluding carboxylic acids is 3. The lowest BCUT2D eigenvalue weighted by atomic mass is 9.58. The molecule has 12 heteroatoms. The van der Waals surface area contributed by atoms with Gasteiger partial charge in [-0.05, 0) is 75.9 Å². The minimum Gasteiger partial charge on any atom is -0.510 e. The van der Waals surface area contributed by atoms with Gasteiger partial charge in [0.1, 0.15) is 22.8 Å². The van der Waals surface area contributed by atoms with Crippen LogP contribution in [0.15, 0.2) is 28.7 Å². The van der Waals surface area contributed by atoms with Crippen molar-refractivity contribution in [1.29, 1.82) is 0 Å². The number of ketones is 2. The van der Waals surface area contributed by atoms with E-state index in [0.717, 1.165) is 13.0 Å². The van der Waals surface area contributed by atoms with Crippen LogP contribution in [0.2, 0.25) is 5.02 Å². The molecule has 1 aromatic rings. The van der Waals surface area contributed by atoms with Gasteiger partial charge < -0.3 is 31.3 Å². The molecule has 0 saturated carbocycles. The molecule has 1 fully saturated rings. The highest BCUT2D eigenvalue weighted by molar-refractivity contribution is 6.33. The number of primary amides is 1. The number of hydrogen-bond acceptors (Lipinski definition) is 10. The number of aliphatic hydroxyl groups is 4. The highest BCUT2D eigenvalue weighted by Crippen LogP contribution is 2.53. The van der Waals surface area contributed by atoms with Crippen LogP contribution >= 0.6 is 11.6 Å². The first-order valence-electron chi connectivity index (χ1n) is 13.4. The molecule has 1 aliphatic heterocycles. The Balaban J connectivity index is 1.59. The molecule has 1 unspecified atom stereocenters. The van der Waals surface area contributed by atoms with E-state index < -0.39 is 58.0 Å². The number of aromatic hydroxyl groups is 1. The number of phenolic OH excluding ortho intramolecular Hbond substituents is 1. The first kappa shape index (κ1) is 28.6. The molecule has 5 rings (SSSR count). The second-order valence-electron chi connectivity index (χ2n) is 11.5. The summed E-state index contributed by atoms with van der Waals surface area (Å²) in [6.07, 6.45) is 1.92. The average molecular weight is 576 g/mol. The summed E-state index contributed by atoms with van der Waals surface area (Å²) in [5.41, 5.74) is 2.53. The first-order valence-corrected chi connectivity index (χ1v) is 13.7. The topological polar surface area (TPSA) is 185 Å². The number of likely N-dealkylation sites (N-methyl/N-ethyl adjacent to an activating group) is 1. The summed E-state index contributed by atoms with van der Waals surface area (Å²) < 4.78 is 0. The van der Waals surface area contributed by atoms with Crippen molar-refractivity contribution in [3.63, 3.8) is 0 Å². The Bertz CT molecular complexity index is 1370. The van der Waals surface area contributed by atoms with Crippen molar-refractivity contribution >= 4 is 29.1 Å². The maximum atomic E-state index is 13.8. The third-order valence-corrected chi connectivity index (χ3v) is 9.39. The summed E-state index contributed by atoms with van der Waals surface area (Å²) in [6, 6.07) is 0.359. The van der Waals surface area contributed by atoms with E-state index in [1.807, 2.05) is 0 Å². The number of likely N-dealkylation sites (tertiary alicyclic amines) is 1. The minimum absolute atomic E-state index is 0.00288. The van der Waals surface area contributed by atoms with Crippen LogP contribution in [0.5, 0.6) is 5.75 Å². The number of carbonyl (C=O) groups is 3. The zero-order chi connectivity index (χ0) is 29.3. The molecule has 40 heavy (non-hydrogen) atoms. The van der Waals surface area contributed by atoms with Crippen LogP contribution in [0.1, 0.15) is 47.2 Å². The van der Waals surface area contributed by atoms with Crippen LogP contribution in [0.3, 0.4) is 0 Å². The number of amides is 1. The molecule has 11 nitrogen and oxygen atoms in total. The number of hydrogen-bond donors (Lipinski definition) is 6. The Kier molecular flexibility index (Phi) is 7.25. The van der Waals surface area contributed by atoms with E-state index in [9.17, 15) is 39.9 Å². The van der Waals surface area contributed by atoms with Gasteiger partial charge in [-0.25, -0.2) is 0 Å². The zero-order valence-electron chi connectivity index (χ0n) is 22.4. The van der Waals surface area contributed by atoms with Crippen molar-refractivity contribution in [2.75, 3.05) is 27.2 Å². The molecule has 0 radical (unpaired) electrons. The van der Waals surface area contributed by atoms with E-state index in [0.29, 0.717) is 42.1 Å². The second-order valence-corrected chi connectivity index (χ2v) is 11.9. The summed E-state index contributed by atoms with van der Waals surface area (Å²) in [6.45, 7) is 1.81. The van der Waals surface area contributed by atoms with Crippen LogP contribution in [0, 0.1) is 11.8 Å². The lowest BCUT2D eigenvalue weighted by Crippen LogP contribution is -2.63. The van der Waals surface area contributed by atoms with Gasteiger partial charge in [0.15, 0.2) is 11.4 Å². The first-order chi connectivity index (χ1) is 18.8. The van der Waals surface area contributed by atoms with Crippen LogP contribution in [0.4, 0.5) is 0 Å². The SMILES string of the molecule is CN(C)[C@@H]1C(O)=C(C(N)=O)C(=O)[C@@]2(O)C(O)=C3C(=O)c4c(O)cc(CN5CCCC(O)CC5)c(Cl)c4C[C@H]3C[C@@H]12. The molecule has 3 aliphatic carbocycles. The summed E-state index contributed by atoms with van der Waals surface area (Å²) in [5.74, 6) is -6.96. The molecule has 4 aliphatic rings. The van der Waals surface area contributed by atoms with E-state index in [1.165, 1.54) is 11.0 Å². The predicted octanol–water partition coefficient (Wildman–Crippen LogP) is 1.12. The predicted molar refractivity (Wildman–Crippen MR) is 144 cm³/mol. The van der Waals surface area contributed by atoms with Gasteiger partial charge in [0.2, 0.25) is 5.78 Å². The van der Waals surface area contributed by atoms with Gasteiger partial charge in [0.25, 0.3) is 5.91 Å². The molecule has 0 bridgehead atoms. The molecule has 1 amide bonds. The van der Waals surface area contributed by atoms with Gasteiger partial charge in [-0.3, -0.25) is 24.2 Å². The van der Waals surface area contributed by atoms with Crippen LogP contribution in [-0.2, 0) is 22.6 Å². The molecular formula is C28H34ClN3O8. The number of rotatable bonds is 4. The maximum Gasteiger partial charge on any atom is 0.255 e. The zero-order valence-corrected chi connectivity index (χ0v) is 23.1. The van der Waals surface area contributed by atoms with Crippen molar-refractivity contribution in [3.8, 4) is 5.75 Å². The van der Waals surface area contributed by atoms with Crippen molar-refractivity contribution < 1.29 is 39.9 Å². The number of allylic oxidation sites excluding steroid dienone is 1. The number of phenols is 1. The number of Topliss-reactive ketones (excluding diaryl/α,β-unsaturated/α-hetero) is 2. The van der Waals surface area contributed by atoms with Gasteiger partial charge in [0.05, 0.1) is 17.7 Å². The number of aliphatic hydroxyl groups excluding tert-OH is 3. The molecule has 5 atom stereocenters. The molecular weight excluding hydrogens is 542 g/mol. The highest BCUT2D eigenvalue weighted by atomic mass is 35.5. The third kappa shape index (κ3) is 4.22. The maximum absolute atomic E-state index is 13.8. The van der Waals surface area contributed by atoms with Crippen LogP contribution in [0.25, 0.3) is 0 Å². The van der Waals surface area contributed by atoms with Crippen molar-refractivity contribution in [1.82, 2.24) is 9.80 Å². The summed E-state index contributed by atoms with van der Waals surface area (Å²) in [4.78, 5) is 42.9. The standard InChI is InChI=1S/C28H34ClN3O8/c1-31(2)22-16-9-12-8-15-19(17(34)10-13(21(15)29)11-32-6-3-4-14(33)5-7-32)23(35)18(12)25(37)28(16,40)26(38)20(24(22)36)27(30)39/h10,12,14,16,22,33-34,36-37,40H,3-9,11H2,1-2H3,(H2,30,39)/t12-,14?,16-,22-,28-/m0/s1. The quantitative estimate of drug-likeness (QED) is 0.284. The Labute approximate surface area is 236 Å². The van der Waals surface area contributed by atoms with Gasteiger partial charge in [-0.1, -0.05) is 11.6 Å². The largest absolute Gasteiger partial charge is 0.510 e. The molecule has 1 saturated heterocycles. The monoisotopic (exact) mass is 575 g/mol.